The number of nitrogens with zero attached hydrogens (tertiary/aromatic N) is 4. The minimum atomic E-state index is -0.899. The van der Waals surface area contributed by atoms with Gasteiger partial charge in [0.2, 0.25) is 0 Å². The topological polar surface area (TPSA) is 98.9 Å². The number of piperazine rings is 1. The van der Waals surface area contributed by atoms with Gasteiger partial charge in [0.1, 0.15) is 5.82 Å². The van der Waals surface area contributed by atoms with Crippen molar-refractivity contribution in [1.29, 1.82) is 0 Å². The summed E-state index contributed by atoms with van der Waals surface area (Å²) in [6, 6.07) is 4.84. The van der Waals surface area contributed by atoms with Crippen LogP contribution in [0.5, 0.6) is 0 Å². The molecule has 29 heavy (non-hydrogen) atoms. The second-order valence-corrected chi connectivity index (χ2v) is 7.99. The van der Waals surface area contributed by atoms with E-state index in [1.807, 2.05) is 13.8 Å². The van der Waals surface area contributed by atoms with Crippen molar-refractivity contribution in [2.75, 3.05) is 13.1 Å². The number of fused-ring (bicyclic) bond motifs is 1. The highest BCUT2D eigenvalue weighted by molar-refractivity contribution is 5.78. The lowest BCUT2D eigenvalue weighted by molar-refractivity contribution is 0.0172. The zero-order chi connectivity index (χ0) is 21.3. The highest BCUT2D eigenvalue weighted by atomic mass is 16.4. The summed E-state index contributed by atoms with van der Waals surface area (Å²) >= 11 is 0. The van der Waals surface area contributed by atoms with Gasteiger partial charge in [-0.25, -0.2) is 9.78 Å². The largest absolute Gasteiger partial charge is 0.465 e. The van der Waals surface area contributed by atoms with Gasteiger partial charge in [0.05, 0.1) is 23.6 Å². The van der Waals surface area contributed by atoms with E-state index in [1.54, 1.807) is 29.8 Å². The number of aromatic nitrogens is 2. The zero-order valence-corrected chi connectivity index (χ0v) is 17.5. The first kappa shape index (κ1) is 21.3. The summed E-state index contributed by atoms with van der Waals surface area (Å²) in [7, 11) is 1.74. The summed E-state index contributed by atoms with van der Waals surface area (Å²) in [5, 5.41) is 19.5. The minimum absolute atomic E-state index is 0.0827. The van der Waals surface area contributed by atoms with Crippen LogP contribution >= 0.6 is 0 Å². The molecule has 1 aliphatic rings. The number of hydrogen-bond acceptors (Lipinski definition) is 5. The number of amides is 1. The highest BCUT2D eigenvalue weighted by Gasteiger charge is 2.37. The summed E-state index contributed by atoms with van der Waals surface area (Å²) in [5.74, 6) is 0.683. The van der Waals surface area contributed by atoms with Crippen molar-refractivity contribution in [3.63, 3.8) is 0 Å². The standard InChI is InChI=1S/C21H30N4O4/c1-5-6-18(24-10-13(2)25(21(28)29)14(3)11-24)19-22-17-9-15(12-26)7-8-16(17)20(27)23(19)4/h7-9,13-14,18,26H,5-6,10-12H2,1-4H3,(H,28,29). The van der Waals surface area contributed by atoms with Gasteiger partial charge >= 0.3 is 6.09 Å². The van der Waals surface area contributed by atoms with E-state index in [1.165, 1.54) is 4.90 Å². The third kappa shape index (κ3) is 4.00. The number of benzene rings is 1. The van der Waals surface area contributed by atoms with Crippen LogP contribution in [-0.2, 0) is 13.7 Å². The molecule has 158 valence electrons. The molecule has 3 rings (SSSR count). The maximum Gasteiger partial charge on any atom is 0.407 e. The fourth-order valence-electron chi connectivity index (χ4n) is 4.47. The van der Waals surface area contributed by atoms with Gasteiger partial charge < -0.3 is 15.1 Å². The summed E-state index contributed by atoms with van der Waals surface area (Å²) in [6.45, 7) is 7.00. The Kier molecular flexibility index (Phi) is 6.24. The van der Waals surface area contributed by atoms with Crippen LogP contribution in [-0.4, -0.2) is 60.8 Å². The predicted octanol–water partition coefficient (Wildman–Crippen LogP) is 2.34. The lowest BCUT2D eigenvalue weighted by Gasteiger charge is -2.45. The molecule has 0 spiro atoms. The first-order chi connectivity index (χ1) is 13.8. The molecule has 0 saturated carbocycles. The lowest BCUT2D eigenvalue weighted by Crippen LogP contribution is -2.59. The van der Waals surface area contributed by atoms with Crippen LogP contribution in [0.1, 0.15) is 51.0 Å². The summed E-state index contributed by atoms with van der Waals surface area (Å²) in [4.78, 5) is 33.1. The minimum Gasteiger partial charge on any atom is -0.465 e. The number of aliphatic hydroxyl groups excluding tert-OH is 1. The summed E-state index contributed by atoms with van der Waals surface area (Å²) in [6.07, 6.45) is 0.833. The molecule has 8 heteroatoms. The number of rotatable bonds is 5. The summed E-state index contributed by atoms with van der Waals surface area (Å²) in [5.41, 5.74) is 1.19. The molecular formula is C21H30N4O4. The van der Waals surface area contributed by atoms with Crippen LogP contribution in [0.15, 0.2) is 23.0 Å². The molecule has 1 saturated heterocycles. The molecule has 3 atom stereocenters. The molecule has 2 heterocycles. The molecule has 1 aromatic carbocycles. The molecule has 1 fully saturated rings. The molecule has 0 aliphatic carbocycles. The summed E-state index contributed by atoms with van der Waals surface area (Å²) < 4.78 is 1.61. The van der Waals surface area contributed by atoms with Gasteiger partial charge in [0.25, 0.3) is 5.56 Å². The first-order valence-electron chi connectivity index (χ1n) is 10.1. The molecule has 1 amide bonds. The van der Waals surface area contributed by atoms with Crippen molar-refractivity contribution in [2.45, 2.75) is 58.3 Å². The van der Waals surface area contributed by atoms with Gasteiger partial charge in [-0.2, -0.15) is 0 Å². The SMILES string of the molecule is CCCC(c1nc2cc(CO)ccc2c(=O)n1C)N1CC(C)N(C(=O)O)C(C)C1. The fourth-order valence-corrected chi connectivity index (χ4v) is 4.47. The van der Waals surface area contributed by atoms with E-state index in [2.05, 4.69) is 11.8 Å². The normalized spacial score (nSPS) is 21.5. The number of carbonyl (C=O) groups is 1. The Balaban J connectivity index is 2.05. The smallest absolute Gasteiger partial charge is 0.407 e. The molecule has 1 aliphatic heterocycles. The highest BCUT2D eigenvalue weighted by Crippen LogP contribution is 2.29. The van der Waals surface area contributed by atoms with Crippen molar-refractivity contribution in [2.24, 2.45) is 7.05 Å². The first-order valence-corrected chi connectivity index (χ1v) is 10.1. The Morgan fingerprint density at radius 2 is 1.93 bits per heavy atom. The monoisotopic (exact) mass is 402 g/mol. The van der Waals surface area contributed by atoms with E-state index in [4.69, 9.17) is 4.98 Å². The maximum atomic E-state index is 13.0. The van der Waals surface area contributed by atoms with E-state index >= 15 is 0 Å². The third-order valence-electron chi connectivity index (χ3n) is 5.83. The zero-order valence-electron chi connectivity index (χ0n) is 17.5. The van der Waals surface area contributed by atoms with Gasteiger partial charge in [-0.15, -0.1) is 0 Å². The van der Waals surface area contributed by atoms with E-state index in [0.29, 0.717) is 35.4 Å². The van der Waals surface area contributed by atoms with Gasteiger partial charge in [0.15, 0.2) is 0 Å². The van der Waals surface area contributed by atoms with Crippen molar-refractivity contribution in [3.05, 3.63) is 39.9 Å². The molecule has 8 nitrogen and oxygen atoms in total. The number of hydrogen-bond donors (Lipinski definition) is 2. The van der Waals surface area contributed by atoms with Gasteiger partial charge in [-0.1, -0.05) is 19.4 Å². The van der Waals surface area contributed by atoms with E-state index in [9.17, 15) is 19.8 Å². The Bertz CT molecular complexity index is 946. The van der Waals surface area contributed by atoms with Crippen LogP contribution in [0, 0.1) is 0 Å². The average molecular weight is 402 g/mol. The number of carboxylic acid groups (broad SMARTS) is 1. The predicted molar refractivity (Wildman–Crippen MR) is 111 cm³/mol. The Morgan fingerprint density at radius 1 is 1.28 bits per heavy atom. The Hall–Kier alpha value is -2.45. The van der Waals surface area contributed by atoms with Crippen LogP contribution in [0.4, 0.5) is 4.79 Å². The molecule has 1 aromatic heterocycles. The van der Waals surface area contributed by atoms with Crippen molar-refractivity contribution >= 4 is 17.0 Å². The van der Waals surface area contributed by atoms with Crippen molar-refractivity contribution < 1.29 is 15.0 Å². The van der Waals surface area contributed by atoms with Crippen molar-refractivity contribution in [1.82, 2.24) is 19.4 Å². The second-order valence-electron chi connectivity index (χ2n) is 7.99. The van der Waals surface area contributed by atoms with Crippen LogP contribution in [0.25, 0.3) is 10.9 Å². The van der Waals surface area contributed by atoms with E-state index in [0.717, 1.165) is 12.8 Å². The van der Waals surface area contributed by atoms with E-state index < -0.39 is 6.09 Å². The molecule has 2 N–H and O–H groups in total. The van der Waals surface area contributed by atoms with Gasteiger partial charge in [0, 0.05) is 32.2 Å². The number of aliphatic hydroxyl groups is 1. The molecule has 0 bridgehead atoms. The van der Waals surface area contributed by atoms with Crippen LogP contribution < -0.4 is 5.56 Å². The van der Waals surface area contributed by atoms with Crippen molar-refractivity contribution in [3.8, 4) is 0 Å². The third-order valence-corrected chi connectivity index (χ3v) is 5.83. The molecular weight excluding hydrogens is 372 g/mol. The Morgan fingerprint density at radius 3 is 2.48 bits per heavy atom. The molecule has 2 aromatic rings. The van der Waals surface area contributed by atoms with E-state index in [-0.39, 0.29) is 30.3 Å². The second kappa shape index (κ2) is 8.51. The Labute approximate surface area is 170 Å². The molecule has 0 radical (unpaired) electrons. The quantitative estimate of drug-likeness (QED) is 0.796. The van der Waals surface area contributed by atoms with Gasteiger partial charge in [-0.3, -0.25) is 14.3 Å². The lowest BCUT2D eigenvalue weighted by atomic mass is 10.0. The van der Waals surface area contributed by atoms with Gasteiger partial charge in [-0.05, 0) is 38.0 Å². The van der Waals surface area contributed by atoms with Crippen LogP contribution in [0.2, 0.25) is 0 Å². The fraction of sp³-hybridized carbons (Fsp3) is 0.571. The average Bonchev–Trinajstić information content (AvgIpc) is 2.67. The van der Waals surface area contributed by atoms with Crippen LogP contribution in [0.3, 0.4) is 0 Å². The maximum absolute atomic E-state index is 13.0. The molecule has 3 unspecified atom stereocenters.